The van der Waals surface area contributed by atoms with E-state index in [2.05, 4.69) is 5.32 Å². The average Bonchev–Trinajstić information content (AvgIpc) is 2.56. The van der Waals surface area contributed by atoms with Crippen LogP contribution in [0.4, 0.5) is 0 Å². The molecule has 0 saturated heterocycles. The van der Waals surface area contributed by atoms with E-state index in [1.807, 2.05) is 30.3 Å². The Labute approximate surface area is 140 Å². The molecule has 124 valence electrons. The van der Waals surface area contributed by atoms with E-state index in [9.17, 15) is 9.59 Å². The monoisotopic (exact) mass is 325 g/mol. The second-order valence-corrected chi connectivity index (χ2v) is 5.20. The summed E-state index contributed by atoms with van der Waals surface area (Å²) >= 11 is 0. The molecule has 24 heavy (non-hydrogen) atoms. The van der Waals surface area contributed by atoms with Crippen LogP contribution < -0.4 is 10.1 Å². The van der Waals surface area contributed by atoms with E-state index in [0.29, 0.717) is 17.9 Å². The second kappa shape index (κ2) is 8.53. The molecule has 0 aliphatic heterocycles. The molecule has 0 radical (unpaired) electrons. The SMILES string of the molecule is CC(=O)N/C(=C/c1ccc(OCCc2ccccc2)cc1)C(=O)O. The Kier molecular flexibility index (Phi) is 6.14. The molecule has 2 N–H and O–H groups in total. The summed E-state index contributed by atoms with van der Waals surface area (Å²) in [5.74, 6) is -0.905. The number of rotatable bonds is 7. The van der Waals surface area contributed by atoms with Crippen molar-refractivity contribution in [3.05, 3.63) is 71.4 Å². The predicted octanol–water partition coefficient (Wildman–Crippen LogP) is 2.87. The van der Waals surface area contributed by atoms with E-state index in [4.69, 9.17) is 9.84 Å². The summed E-state index contributed by atoms with van der Waals surface area (Å²) in [5.41, 5.74) is 1.70. The maximum absolute atomic E-state index is 11.1. The lowest BCUT2D eigenvalue weighted by Crippen LogP contribution is -2.24. The van der Waals surface area contributed by atoms with Crippen LogP contribution in [0, 0.1) is 0 Å². The third-order valence-electron chi connectivity index (χ3n) is 3.23. The number of nitrogens with one attached hydrogen (secondary N) is 1. The quantitative estimate of drug-likeness (QED) is 0.768. The van der Waals surface area contributed by atoms with Crippen LogP contribution in [-0.4, -0.2) is 23.6 Å². The number of benzene rings is 2. The van der Waals surface area contributed by atoms with E-state index in [0.717, 1.165) is 6.42 Å². The van der Waals surface area contributed by atoms with Crippen molar-refractivity contribution in [1.29, 1.82) is 0 Å². The summed E-state index contributed by atoms with van der Waals surface area (Å²) in [6.45, 7) is 1.83. The third kappa shape index (κ3) is 5.61. The van der Waals surface area contributed by atoms with Crippen LogP contribution in [0.2, 0.25) is 0 Å². The number of carbonyl (C=O) groups excluding carboxylic acids is 1. The molecule has 0 aliphatic carbocycles. The largest absolute Gasteiger partial charge is 0.493 e. The Bertz CT molecular complexity index is 721. The van der Waals surface area contributed by atoms with Crippen molar-refractivity contribution in [3.63, 3.8) is 0 Å². The smallest absolute Gasteiger partial charge is 0.352 e. The fourth-order valence-corrected chi connectivity index (χ4v) is 2.10. The zero-order valence-corrected chi connectivity index (χ0v) is 13.4. The van der Waals surface area contributed by atoms with Crippen molar-refractivity contribution in [1.82, 2.24) is 5.32 Å². The van der Waals surface area contributed by atoms with Crippen molar-refractivity contribution in [3.8, 4) is 5.75 Å². The number of hydrogen-bond acceptors (Lipinski definition) is 3. The van der Waals surface area contributed by atoms with Crippen molar-refractivity contribution >= 4 is 18.0 Å². The lowest BCUT2D eigenvalue weighted by atomic mass is 10.1. The Morgan fingerprint density at radius 3 is 2.33 bits per heavy atom. The Morgan fingerprint density at radius 1 is 1.08 bits per heavy atom. The summed E-state index contributed by atoms with van der Waals surface area (Å²) in [7, 11) is 0. The number of ether oxygens (including phenoxy) is 1. The van der Waals surface area contributed by atoms with Gasteiger partial charge in [-0.2, -0.15) is 0 Å². The van der Waals surface area contributed by atoms with E-state index in [1.165, 1.54) is 18.6 Å². The molecular formula is C19H19NO4. The first-order valence-corrected chi connectivity index (χ1v) is 7.54. The third-order valence-corrected chi connectivity index (χ3v) is 3.23. The first-order chi connectivity index (χ1) is 11.5. The molecule has 2 aromatic carbocycles. The number of carboxylic acid groups (broad SMARTS) is 1. The van der Waals surface area contributed by atoms with Gasteiger partial charge in [-0.25, -0.2) is 4.79 Å². The normalized spacial score (nSPS) is 11.0. The molecular weight excluding hydrogens is 306 g/mol. The highest BCUT2D eigenvalue weighted by Gasteiger charge is 2.08. The summed E-state index contributed by atoms with van der Waals surface area (Å²) in [4.78, 5) is 22.1. The zero-order chi connectivity index (χ0) is 17.4. The zero-order valence-electron chi connectivity index (χ0n) is 13.4. The first-order valence-electron chi connectivity index (χ1n) is 7.54. The Morgan fingerprint density at radius 2 is 1.75 bits per heavy atom. The number of aliphatic carboxylic acids is 1. The molecule has 0 spiro atoms. The molecule has 2 aromatic rings. The highest BCUT2D eigenvalue weighted by Crippen LogP contribution is 2.15. The highest BCUT2D eigenvalue weighted by atomic mass is 16.5. The fraction of sp³-hybridized carbons (Fsp3) is 0.158. The number of carboxylic acids is 1. The van der Waals surface area contributed by atoms with Gasteiger partial charge >= 0.3 is 5.97 Å². The van der Waals surface area contributed by atoms with E-state index >= 15 is 0 Å². The topological polar surface area (TPSA) is 75.6 Å². The van der Waals surface area contributed by atoms with Crippen molar-refractivity contribution in [2.45, 2.75) is 13.3 Å². The molecule has 0 aromatic heterocycles. The van der Waals surface area contributed by atoms with Gasteiger partial charge in [-0.15, -0.1) is 0 Å². The van der Waals surface area contributed by atoms with Crippen molar-refractivity contribution < 1.29 is 19.4 Å². The Balaban J connectivity index is 1.94. The summed E-state index contributed by atoms with van der Waals surface area (Å²) < 4.78 is 5.68. The van der Waals surface area contributed by atoms with Crippen molar-refractivity contribution in [2.24, 2.45) is 0 Å². The molecule has 0 bridgehead atoms. The average molecular weight is 325 g/mol. The molecule has 0 unspecified atom stereocenters. The van der Waals surface area contributed by atoms with Crippen LogP contribution in [0.25, 0.3) is 6.08 Å². The molecule has 0 heterocycles. The lowest BCUT2D eigenvalue weighted by molar-refractivity contribution is -0.134. The summed E-state index contributed by atoms with van der Waals surface area (Å²) in [6, 6.07) is 17.1. The predicted molar refractivity (Wildman–Crippen MR) is 91.5 cm³/mol. The second-order valence-electron chi connectivity index (χ2n) is 5.20. The minimum Gasteiger partial charge on any atom is -0.493 e. The van der Waals surface area contributed by atoms with Gasteiger partial charge in [0.1, 0.15) is 11.4 Å². The van der Waals surface area contributed by atoms with Gasteiger partial charge in [0, 0.05) is 13.3 Å². The van der Waals surface area contributed by atoms with Gasteiger partial charge in [0.15, 0.2) is 0 Å². The number of amides is 1. The molecule has 0 atom stereocenters. The molecule has 2 rings (SSSR count). The van der Waals surface area contributed by atoms with Gasteiger partial charge in [-0.3, -0.25) is 4.79 Å². The highest BCUT2D eigenvalue weighted by molar-refractivity contribution is 5.96. The maximum atomic E-state index is 11.1. The standard InChI is InChI=1S/C19H19NO4/c1-14(21)20-18(19(22)23)13-16-7-9-17(10-8-16)24-12-11-15-5-3-2-4-6-15/h2-10,13H,11-12H2,1H3,(H,20,21)(H,22,23)/b18-13+. The van der Waals surface area contributed by atoms with Gasteiger partial charge in [0.25, 0.3) is 0 Å². The molecule has 0 fully saturated rings. The number of hydrogen-bond donors (Lipinski definition) is 2. The van der Waals surface area contributed by atoms with Crippen LogP contribution in [0.1, 0.15) is 18.1 Å². The van der Waals surface area contributed by atoms with Crippen LogP contribution in [-0.2, 0) is 16.0 Å². The molecule has 0 saturated carbocycles. The van der Waals surface area contributed by atoms with Gasteiger partial charge in [0.05, 0.1) is 6.61 Å². The van der Waals surface area contributed by atoms with E-state index < -0.39 is 11.9 Å². The number of carbonyl (C=O) groups is 2. The summed E-state index contributed by atoms with van der Waals surface area (Å²) in [6.07, 6.45) is 2.21. The molecule has 0 aliphatic rings. The van der Waals surface area contributed by atoms with Crippen LogP contribution in [0.3, 0.4) is 0 Å². The van der Waals surface area contributed by atoms with Crippen molar-refractivity contribution in [2.75, 3.05) is 6.61 Å². The van der Waals surface area contributed by atoms with E-state index in [1.54, 1.807) is 24.3 Å². The molecule has 5 heteroatoms. The van der Waals surface area contributed by atoms with Gasteiger partial charge in [-0.1, -0.05) is 42.5 Å². The molecule has 5 nitrogen and oxygen atoms in total. The van der Waals surface area contributed by atoms with Gasteiger partial charge in [0.2, 0.25) is 5.91 Å². The van der Waals surface area contributed by atoms with Gasteiger partial charge < -0.3 is 15.2 Å². The van der Waals surface area contributed by atoms with Crippen LogP contribution in [0.5, 0.6) is 5.75 Å². The summed E-state index contributed by atoms with van der Waals surface area (Å²) in [5, 5.41) is 11.3. The first kappa shape index (κ1) is 17.3. The van der Waals surface area contributed by atoms with Crippen LogP contribution in [0.15, 0.2) is 60.3 Å². The minimum atomic E-state index is -1.19. The lowest BCUT2D eigenvalue weighted by Gasteiger charge is -2.07. The van der Waals surface area contributed by atoms with Crippen LogP contribution >= 0.6 is 0 Å². The fourth-order valence-electron chi connectivity index (χ4n) is 2.10. The minimum absolute atomic E-state index is 0.166. The maximum Gasteiger partial charge on any atom is 0.352 e. The van der Waals surface area contributed by atoms with E-state index in [-0.39, 0.29) is 5.70 Å². The van der Waals surface area contributed by atoms with Gasteiger partial charge in [-0.05, 0) is 29.3 Å². The Hall–Kier alpha value is -3.08. The molecule has 1 amide bonds.